The zero-order valence-corrected chi connectivity index (χ0v) is 10.7. The first-order valence-electron chi connectivity index (χ1n) is 5.21. The number of amides is 2. The fourth-order valence-corrected chi connectivity index (χ4v) is 2.84. The highest BCUT2D eigenvalue weighted by atomic mass is 32.2. The van der Waals surface area contributed by atoms with Crippen LogP contribution in [0.25, 0.3) is 0 Å². The molecule has 0 aromatic heterocycles. The van der Waals surface area contributed by atoms with Crippen LogP contribution in [0, 0.1) is 0 Å². The second-order valence-electron chi connectivity index (χ2n) is 4.11. The highest BCUT2D eigenvalue weighted by Crippen LogP contribution is 2.28. The first kappa shape index (κ1) is 13.8. The Morgan fingerprint density at radius 3 is 2.53 bits per heavy atom. The van der Waals surface area contributed by atoms with Crippen LogP contribution in [0.15, 0.2) is 0 Å². The Bertz CT molecular complexity index is 339. The molecule has 0 bridgehead atoms. The molecular weight excluding hydrogens is 244 g/mol. The van der Waals surface area contributed by atoms with Crippen LogP contribution in [-0.2, 0) is 14.4 Å². The summed E-state index contributed by atoms with van der Waals surface area (Å²) in [6.45, 7) is 1.24. The van der Waals surface area contributed by atoms with Crippen LogP contribution in [0.4, 0.5) is 0 Å². The Kier molecular flexibility index (Phi) is 4.39. The van der Waals surface area contributed by atoms with Crippen LogP contribution in [-0.4, -0.2) is 58.4 Å². The van der Waals surface area contributed by atoms with Crippen molar-refractivity contribution in [1.29, 1.82) is 0 Å². The largest absolute Gasteiger partial charge is 0.479 e. The minimum absolute atomic E-state index is 0.116. The zero-order valence-electron chi connectivity index (χ0n) is 9.86. The molecule has 0 spiro atoms. The molecule has 1 aliphatic heterocycles. The fraction of sp³-hybridized carbons (Fsp3) is 0.700. The van der Waals surface area contributed by atoms with Crippen LogP contribution in [0.5, 0.6) is 0 Å². The summed E-state index contributed by atoms with van der Waals surface area (Å²) in [6, 6.07) is 0. The van der Waals surface area contributed by atoms with Gasteiger partial charge >= 0.3 is 5.97 Å². The number of rotatable bonds is 4. The van der Waals surface area contributed by atoms with E-state index in [2.05, 4.69) is 5.32 Å². The molecular formula is C10H16N2O4S. The predicted molar refractivity (Wildman–Crippen MR) is 63.8 cm³/mol. The van der Waals surface area contributed by atoms with Crippen molar-refractivity contribution < 1.29 is 19.5 Å². The standard InChI is InChI=1S/C10H16N2O4S/c1-7(13)12(2)5-8(14)11-10(9(15)16)3-4-17-6-10/h3-6H2,1-2H3,(H,11,14)(H,15,16)/t10-/m1/s1. The number of carboxylic acids is 1. The molecule has 1 heterocycles. The van der Waals surface area contributed by atoms with Gasteiger partial charge in [0.15, 0.2) is 0 Å². The molecule has 7 heteroatoms. The summed E-state index contributed by atoms with van der Waals surface area (Å²) in [6.07, 6.45) is 0.419. The van der Waals surface area contributed by atoms with Crippen molar-refractivity contribution in [3.63, 3.8) is 0 Å². The van der Waals surface area contributed by atoms with E-state index >= 15 is 0 Å². The number of likely N-dealkylation sites (N-methyl/N-ethyl adjacent to an activating group) is 1. The van der Waals surface area contributed by atoms with E-state index in [4.69, 9.17) is 5.11 Å². The lowest BCUT2D eigenvalue weighted by Crippen LogP contribution is -2.56. The molecule has 0 aromatic rings. The van der Waals surface area contributed by atoms with Gasteiger partial charge in [-0.3, -0.25) is 9.59 Å². The zero-order chi connectivity index (χ0) is 13.1. The highest BCUT2D eigenvalue weighted by molar-refractivity contribution is 7.99. The maximum absolute atomic E-state index is 11.6. The lowest BCUT2D eigenvalue weighted by atomic mass is 9.99. The van der Waals surface area contributed by atoms with Gasteiger partial charge in [-0.2, -0.15) is 11.8 Å². The molecule has 1 aliphatic rings. The van der Waals surface area contributed by atoms with Crippen LogP contribution in [0.3, 0.4) is 0 Å². The molecule has 1 fully saturated rings. The maximum Gasteiger partial charge on any atom is 0.330 e. The minimum Gasteiger partial charge on any atom is -0.479 e. The first-order chi connectivity index (χ1) is 7.87. The van der Waals surface area contributed by atoms with E-state index in [1.807, 2.05) is 0 Å². The molecule has 96 valence electrons. The maximum atomic E-state index is 11.6. The summed E-state index contributed by atoms with van der Waals surface area (Å²) in [4.78, 5) is 35.0. The Balaban J connectivity index is 2.60. The van der Waals surface area contributed by atoms with Crippen LogP contribution in [0.1, 0.15) is 13.3 Å². The normalized spacial score (nSPS) is 23.2. The van der Waals surface area contributed by atoms with Gasteiger partial charge in [0.25, 0.3) is 0 Å². The molecule has 0 saturated carbocycles. The van der Waals surface area contributed by atoms with Gasteiger partial charge in [0.2, 0.25) is 11.8 Å². The van der Waals surface area contributed by atoms with Gasteiger partial charge in [0.1, 0.15) is 5.54 Å². The van der Waals surface area contributed by atoms with E-state index in [1.54, 1.807) is 0 Å². The van der Waals surface area contributed by atoms with Crippen LogP contribution >= 0.6 is 11.8 Å². The van der Waals surface area contributed by atoms with Gasteiger partial charge in [0, 0.05) is 19.7 Å². The number of carbonyl (C=O) groups excluding carboxylic acids is 2. The van der Waals surface area contributed by atoms with Gasteiger partial charge in [-0.1, -0.05) is 0 Å². The summed E-state index contributed by atoms with van der Waals surface area (Å²) in [5, 5.41) is 11.7. The van der Waals surface area contributed by atoms with Crippen molar-refractivity contribution in [3.8, 4) is 0 Å². The van der Waals surface area contributed by atoms with E-state index < -0.39 is 17.4 Å². The van der Waals surface area contributed by atoms with Crippen molar-refractivity contribution >= 4 is 29.5 Å². The van der Waals surface area contributed by atoms with Crippen LogP contribution < -0.4 is 5.32 Å². The number of carboxylic acid groups (broad SMARTS) is 1. The summed E-state index contributed by atoms with van der Waals surface area (Å²) < 4.78 is 0. The predicted octanol–water partition coefficient (Wildman–Crippen LogP) is -0.459. The average molecular weight is 260 g/mol. The fourth-order valence-electron chi connectivity index (χ4n) is 1.52. The number of carbonyl (C=O) groups is 3. The van der Waals surface area contributed by atoms with E-state index in [-0.39, 0.29) is 12.5 Å². The van der Waals surface area contributed by atoms with E-state index in [9.17, 15) is 14.4 Å². The van der Waals surface area contributed by atoms with Crippen LogP contribution in [0.2, 0.25) is 0 Å². The third kappa shape index (κ3) is 3.36. The van der Waals surface area contributed by atoms with Crippen molar-refractivity contribution in [2.45, 2.75) is 18.9 Å². The second kappa shape index (κ2) is 5.39. The van der Waals surface area contributed by atoms with Gasteiger partial charge in [-0.25, -0.2) is 4.79 Å². The Hall–Kier alpha value is -1.24. The summed E-state index contributed by atoms with van der Waals surface area (Å²) in [7, 11) is 1.50. The van der Waals surface area contributed by atoms with Crippen molar-refractivity contribution in [2.75, 3.05) is 25.1 Å². The molecule has 0 unspecified atom stereocenters. The minimum atomic E-state index is -1.17. The SMILES string of the molecule is CC(=O)N(C)CC(=O)N[C@]1(C(=O)O)CCSC1. The van der Waals surface area contributed by atoms with Crippen molar-refractivity contribution in [3.05, 3.63) is 0 Å². The summed E-state index contributed by atoms with van der Waals surface area (Å²) in [5.74, 6) is -0.591. The smallest absolute Gasteiger partial charge is 0.330 e. The van der Waals surface area contributed by atoms with E-state index in [0.29, 0.717) is 12.2 Å². The number of hydrogen-bond acceptors (Lipinski definition) is 4. The number of nitrogens with zero attached hydrogens (tertiary/aromatic N) is 1. The van der Waals surface area contributed by atoms with E-state index in [1.165, 1.54) is 30.6 Å². The number of hydrogen-bond donors (Lipinski definition) is 2. The lowest BCUT2D eigenvalue weighted by Gasteiger charge is -2.25. The van der Waals surface area contributed by atoms with Gasteiger partial charge in [-0.05, 0) is 12.2 Å². The van der Waals surface area contributed by atoms with Gasteiger partial charge in [0.05, 0.1) is 6.54 Å². The molecule has 17 heavy (non-hydrogen) atoms. The Labute approximate surface area is 104 Å². The summed E-state index contributed by atoms with van der Waals surface area (Å²) in [5.41, 5.74) is -1.17. The molecule has 0 radical (unpaired) electrons. The molecule has 0 aromatic carbocycles. The van der Waals surface area contributed by atoms with Gasteiger partial charge < -0.3 is 15.3 Å². The Morgan fingerprint density at radius 2 is 2.12 bits per heavy atom. The monoisotopic (exact) mass is 260 g/mol. The number of aliphatic carboxylic acids is 1. The van der Waals surface area contributed by atoms with Crippen molar-refractivity contribution in [1.82, 2.24) is 10.2 Å². The number of nitrogens with one attached hydrogen (secondary N) is 1. The topological polar surface area (TPSA) is 86.7 Å². The lowest BCUT2D eigenvalue weighted by molar-refractivity contribution is -0.146. The van der Waals surface area contributed by atoms with Gasteiger partial charge in [-0.15, -0.1) is 0 Å². The Morgan fingerprint density at radius 1 is 1.47 bits per heavy atom. The third-order valence-corrected chi connectivity index (χ3v) is 3.92. The highest BCUT2D eigenvalue weighted by Gasteiger charge is 2.43. The molecule has 0 aliphatic carbocycles. The summed E-state index contributed by atoms with van der Waals surface area (Å²) >= 11 is 1.50. The molecule has 1 atom stereocenters. The second-order valence-corrected chi connectivity index (χ2v) is 5.22. The molecule has 1 saturated heterocycles. The number of thioether (sulfide) groups is 1. The third-order valence-electron chi connectivity index (χ3n) is 2.73. The molecule has 2 N–H and O–H groups in total. The molecule has 1 rings (SSSR count). The van der Waals surface area contributed by atoms with E-state index in [0.717, 1.165) is 5.75 Å². The average Bonchev–Trinajstić information content (AvgIpc) is 2.67. The molecule has 6 nitrogen and oxygen atoms in total. The molecule has 2 amide bonds. The quantitative estimate of drug-likeness (QED) is 0.714. The van der Waals surface area contributed by atoms with Crippen molar-refractivity contribution in [2.24, 2.45) is 0 Å². The first-order valence-corrected chi connectivity index (χ1v) is 6.37.